The van der Waals surface area contributed by atoms with Gasteiger partial charge in [-0.15, -0.1) is 0 Å². The van der Waals surface area contributed by atoms with E-state index in [-0.39, 0.29) is 23.4 Å². The number of aryl methyl sites for hydroxylation is 1. The van der Waals surface area contributed by atoms with E-state index in [0.29, 0.717) is 42.4 Å². The molecule has 4 rings (SSSR count). The molecule has 0 bridgehead atoms. The van der Waals surface area contributed by atoms with Gasteiger partial charge in [0.15, 0.2) is 0 Å². The van der Waals surface area contributed by atoms with Gasteiger partial charge >= 0.3 is 0 Å². The predicted molar refractivity (Wildman–Crippen MR) is 116 cm³/mol. The lowest BCUT2D eigenvalue weighted by Gasteiger charge is -2.21. The normalized spacial score (nSPS) is 16.2. The van der Waals surface area contributed by atoms with Crippen LogP contribution in [0.25, 0.3) is 10.9 Å². The van der Waals surface area contributed by atoms with E-state index in [1.54, 1.807) is 21.6 Å². The Morgan fingerprint density at radius 2 is 1.90 bits per heavy atom. The van der Waals surface area contributed by atoms with Crippen molar-refractivity contribution in [3.8, 4) is 0 Å². The molecule has 0 spiro atoms. The molecule has 1 aliphatic heterocycles. The summed E-state index contributed by atoms with van der Waals surface area (Å²) >= 11 is 0. The molecule has 0 radical (unpaired) electrons. The van der Waals surface area contributed by atoms with Crippen molar-refractivity contribution in [3.63, 3.8) is 0 Å². The maximum Gasteiger partial charge on any atom is 0.261 e. The number of rotatable bonds is 6. The first-order valence-corrected chi connectivity index (χ1v) is 10.2. The fraction of sp³-hybridized carbons (Fsp3) is 0.304. The first-order valence-electron chi connectivity index (χ1n) is 10.2. The largest absolute Gasteiger partial charge is 0.326 e. The second-order valence-corrected chi connectivity index (χ2v) is 7.61. The molecule has 3 aromatic rings. The molecule has 1 atom stereocenters. The number of fused-ring (bicyclic) bond motifs is 1. The number of carbonyl (C=O) groups is 2. The van der Waals surface area contributed by atoms with Gasteiger partial charge in [0.1, 0.15) is 0 Å². The molecule has 30 heavy (non-hydrogen) atoms. The minimum Gasteiger partial charge on any atom is -0.326 e. The third-order valence-electron chi connectivity index (χ3n) is 5.45. The highest BCUT2D eigenvalue weighted by Crippen LogP contribution is 2.27. The van der Waals surface area contributed by atoms with Gasteiger partial charge in [-0.25, -0.2) is 4.98 Å². The Morgan fingerprint density at radius 3 is 2.63 bits per heavy atom. The topological polar surface area (TPSA) is 84.3 Å². The summed E-state index contributed by atoms with van der Waals surface area (Å²) in [7, 11) is 0. The Labute approximate surface area is 174 Å². The van der Waals surface area contributed by atoms with E-state index in [9.17, 15) is 14.4 Å². The highest BCUT2D eigenvalue weighted by Gasteiger charge is 2.28. The number of nitrogens with zero attached hydrogens (tertiary/aromatic N) is 3. The first kappa shape index (κ1) is 19.8. The lowest BCUT2D eigenvalue weighted by Crippen LogP contribution is -2.30. The molecule has 1 unspecified atom stereocenters. The van der Waals surface area contributed by atoms with Gasteiger partial charge in [-0.3, -0.25) is 19.0 Å². The molecule has 7 nitrogen and oxygen atoms in total. The summed E-state index contributed by atoms with van der Waals surface area (Å²) in [6.45, 7) is 2.47. The van der Waals surface area contributed by atoms with Crippen molar-refractivity contribution in [1.82, 2.24) is 9.55 Å². The summed E-state index contributed by atoms with van der Waals surface area (Å²) in [5.41, 5.74) is 2.12. The average Bonchev–Trinajstić information content (AvgIpc) is 3.09. The Hall–Kier alpha value is -3.48. The van der Waals surface area contributed by atoms with Gasteiger partial charge in [-0.1, -0.05) is 12.1 Å². The lowest BCUT2D eigenvalue weighted by atomic mass is 10.2. The Kier molecular flexibility index (Phi) is 5.61. The quantitative estimate of drug-likeness (QED) is 0.683. The molecule has 0 aliphatic carbocycles. The van der Waals surface area contributed by atoms with Crippen LogP contribution in [0.4, 0.5) is 11.4 Å². The Bertz CT molecular complexity index is 1140. The molecular weight excluding hydrogens is 380 g/mol. The summed E-state index contributed by atoms with van der Waals surface area (Å²) < 4.78 is 1.54. The number of aromatic nitrogens is 2. The SMILES string of the molecule is CC1CCC(=O)N1c1ccc(NC(=O)CCCn2cnc3ccccc3c2=O)cc1. The number of anilines is 2. The molecule has 2 heterocycles. The van der Waals surface area contributed by atoms with Gasteiger partial charge in [-0.2, -0.15) is 0 Å². The number of nitrogens with one attached hydrogen (secondary N) is 1. The van der Waals surface area contributed by atoms with Crippen molar-refractivity contribution in [1.29, 1.82) is 0 Å². The monoisotopic (exact) mass is 404 g/mol. The van der Waals surface area contributed by atoms with Crippen molar-refractivity contribution < 1.29 is 9.59 Å². The molecule has 1 saturated heterocycles. The van der Waals surface area contributed by atoms with Crippen molar-refractivity contribution in [3.05, 3.63) is 65.2 Å². The zero-order valence-corrected chi connectivity index (χ0v) is 16.9. The molecule has 7 heteroatoms. The van der Waals surface area contributed by atoms with Crippen LogP contribution < -0.4 is 15.8 Å². The molecular formula is C23H24N4O3. The fourth-order valence-corrected chi connectivity index (χ4v) is 3.83. The third-order valence-corrected chi connectivity index (χ3v) is 5.45. The molecule has 0 saturated carbocycles. The third kappa shape index (κ3) is 4.10. The molecule has 2 amide bonds. The Morgan fingerprint density at radius 1 is 1.13 bits per heavy atom. The van der Waals surface area contributed by atoms with Crippen LogP contribution in [0.1, 0.15) is 32.6 Å². The summed E-state index contributed by atoms with van der Waals surface area (Å²) in [5.74, 6) is 0.0212. The van der Waals surface area contributed by atoms with Gasteiger partial charge < -0.3 is 10.2 Å². The van der Waals surface area contributed by atoms with Crippen molar-refractivity contribution in [2.75, 3.05) is 10.2 Å². The van der Waals surface area contributed by atoms with Crippen LogP contribution in [0.15, 0.2) is 59.7 Å². The lowest BCUT2D eigenvalue weighted by molar-refractivity contribution is -0.117. The van der Waals surface area contributed by atoms with Crippen molar-refractivity contribution in [2.45, 2.75) is 45.2 Å². The van der Waals surface area contributed by atoms with Gasteiger partial charge in [0.05, 0.1) is 17.2 Å². The van der Waals surface area contributed by atoms with Gasteiger partial charge in [0.25, 0.3) is 5.56 Å². The van der Waals surface area contributed by atoms with Crippen LogP contribution in [0, 0.1) is 0 Å². The van der Waals surface area contributed by atoms with E-state index < -0.39 is 0 Å². The minimum atomic E-state index is -0.116. The van der Waals surface area contributed by atoms with E-state index in [4.69, 9.17) is 0 Å². The zero-order valence-electron chi connectivity index (χ0n) is 16.9. The van der Waals surface area contributed by atoms with Crippen LogP contribution >= 0.6 is 0 Å². The standard InChI is InChI=1S/C23H24N4O3/c1-16-8-13-22(29)27(16)18-11-9-17(10-12-18)25-21(28)7-4-14-26-15-24-20-6-3-2-5-19(20)23(26)30/h2-3,5-6,9-12,15-16H,4,7-8,13-14H2,1H3,(H,25,28). The van der Waals surface area contributed by atoms with Gasteiger partial charge in [0, 0.05) is 36.8 Å². The van der Waals surface area contributed by atoms with Crippen LogP contribution in [0.3, 0.4) is 0 Å². The molecule has 1 aromatic heterocycles. The number of hydrogen-bond donors (Lipinski definition) is 1. The minimum absolute atomic E-state index is 0.0951. The van der Waals surface area contributed by atoms with E-state index in [2.05, 4.69) is 10.3 Å². The molecule has 1 N–H and O–H groups in total. The van der Waals surface area contributed by atoms with E-state index in [1.165, 1.54) is 6.33 Å². The smallest absolute Gasteiger partial charge is 0.261 e. The molecule has 1 aliphatic rings. The maximum atomic E-state index is 12.5. The number of amides is 2. The summed E-state index contributed by atoms with van der Waals surface area (Å²) in [4.78, 5) is 42.9. The molecule has 1 fully saturated rings. The zero-order chi connectivity index (χ0) is 21.1. The highest BCUT2D eigenvalue weighted by molar-refractivity contribution is 5.96. The van der Waals surface area contributed by atoms with Crippen molar-refractivity contribution in [2.24, 2.45) is 0 Å². The highest BCUT2D eigenvalue weighted by atomic mass is 16.2. The van der Waals surface area contributed by atoms with Crippen LogP contribution in [-0.4, -0.2) is 27.4 Å². The average molecular weight is 404 g/mol. The summed E-state index contributed by atoms with van der Waals surface area (Å²) in [6, 6.07) is 14.8. The second-order valence-electron chi connectivity index (χ2n) is 7.61. The van der Waals surface area contributed by atoms with Crippen LogP contribution in [-0.2, 0) is 16.1 Å². The Balaban J connectivity index is 1.31. The van der Waals surface area contributed by atoms with Gasteiger partial charge in [0.2, 0.25) is 11.8 Å². The maximum absolute atomic E-state index is 12.5. The summed E-state index contributed by atoms with van der Waals surface area (Å²) in [6.07, 6.45) is 3.80. The van der Waals surface area contributed by atoms with E-state index in [1.807, 2.05) is 43.3 Å². The van der Waals surface area contributed by atoms with Gasteiger partial charge in [-0.05, 0) is 56.2 Å². The predicted octanol–water partition coefficient (Wildman–Crippen LogP) is 3.33. The number of hydrogen-bond acceptors (Lipinski definition) is 4. The number of benzene rings is 2. The first-order chi connectivity index (χ1) is 14.5. The number of carbonyl (C=O) groups excluding carboxylic acids is 2. The summed E-state index contributed by atoms with van der Waals surface area (Å²) in [5, 5.41) is 3.45. The van der Waals surface area contributed by atoms with E-state index >= 15 is 0 Å². The van der Waals surface area contributed by atoms with E-state index in [0.717, 1.165) is 12.1 Å². The van der Waals surface area contributed by atoms with Crippen molar-refractivity contribution >= 4 is 34.1 Å². The molecule has 154 valence electrons. The second kappa shape index (κ2) is 8.49. The number of para-hydroxylation sites is 1. The van der Waals surface area contributed by atoms with Crippen LogP contribution in [0.5, 0.6) is 0 Å². The van der Waals surface area contributed by atoms with Crippen LogP contribution in [0.2, 0.25) is 0 Å². The molecule has 2 aromatic carbocycles. The fourth-order valence-electron chi connectivity index (χ4n) is 3.83.